The van der Waals surface area contributed by atoms with Crippen molar-refractivity contribution in [2.75, 3.05) is 19.5 Å². The summed E-state index contributed by atoms with van der Waals surface area (Å²) in [7, 11) is 3.09. The fourth-order valence-electron chi connectivity index (χ4n) is 2.92. The lowest BCUT2D eigenvalue weighted by atomic mass is 10.1. The Labute approximate surface area is 209 Å². The second-order valence-corrected chi connectivity index (χ2v) is 8.48. The summed E-state index contributed by atoms with van der Waals surface area (Å²) in [5.41, 5.74) is 2.09. The van der Waals surface area contributed by atoms with Crippen LogP contribution in [-0.2, 0) is 11.4 Å². The van der Waals surface area contributed by atoms with Crippen LogP contribution in [0.1, 0.15) is 11.1 Å². The van der Waals surface area contributed by atoms with E-state index in [1.54, 1.807) is 43.5 Å². The summed E-state index contributed by atoms with van der Waals surface area (Å²) < 4.78 is 18.2. The van der Waals surface area contributed by atoms with E-state index in [2.05, 4.69) is 37.2 Å². The molecule has 6 nitrogen and oxygen atoms in total. The third-order valence-corrected chi connectivity index (χ3v) is 5.97. The van der Waals surface area contributed by atoms with E-state index >= 15 is 0 Å². The number of halogens is 2. The zero-order chi connectivity index (χ0) is 23.8. The van der Waals surface area contributed by atoms with E-state index in [1.807, 2.05) is 30.3 Å². The normalized spacial score (nSPS) is 10.8. The van der Waals surface area contributed by atoms with Crippen LogP contribution in [0, 0.1) is 11.3 Å². The van der Waals surface area contributed by atoms with Crippen LogP contribution in [-0.4, -0.2) is 20.1 Å². The van der Waals surface area contributed by atoms with Crippen molar-refractivity contribution in [1.29, 1.82) is 5.26 Å². The highest BCUT2D eigenvalue weighted by atomic mass is 79.9. The van der Waals surface area contributed by atoms with Crippen LogP contribution >= 0.6 is 31.9 Å². The zero-order valence-electron chi connectivity index (χ0n) is 17.9. The number of nitriles is 1. The van der Waals surface area contributed by atoms with E-state index in [1.165, 1.54) is 13.2 Å². The fourth-order valence-corrected chi connectivity index (χ4v) is 3.89. The molecule has 0 aliphatic carbocycles. The lowest BCUT2D eigenvalue weighted by Gasteiger charge is -2.14. The van der Waals surface area contributed by atoms with Gasteiger partial charge in [0.05, 0.1) is 18.7 Å². The van der Waals surface area contributed by atoms with Gasteiger partial charge in [-0.05, 0) is 70.0 Å². The maximum absolute atomic E-state index is 12.6. The first-order valence-corrected chi connectivity index (χ1v) is 11.3. The highest BCUT2D eigenvalue weighted by Crippen LogP contribution is 2.38. The SMILES string of the molecule is COc1ccc(NC(=O)/C(C#N)=C/c2cc(Br)c(OCc3ccccc3Br)c(OC)c2)cc1. The molecule has 0 saturated heterocycles. The maximum atomic E-state index is 12.6. The van der Waals surface area contributed by atoms with Crippen molar-refractivity contribution in [3.63, 3.8) is 0 Å². The van der Waals surface area contributed by atoms with Gasteiger partial charge in [0, 0.05) is 15.7 Å². The lowest BCUT2D eigenvalue weighted by Crippen LogP contribution is -2.13. The van der Waals surface area contributed by atoms with E-state index in [-0.39, 0.29) is 5.57 Å². The minimum absolute atomic E-state index is 0.0540. The topological polar surface area (TPSA) is 80.6 Å². The average Bonchev–Trinajstić information content (AvgIpc) is 2.82. The van der Waals surface area contributed by atoms with Gasteiger partial charge in [0.1, 0.15) is 24.0 Å². The number of nitrogens with one attached hydrogen (secondary N) is 1. The Morgan fingerprint density at radius 1 is 1.03 bits per heavy atom. The summed E-state index contributed by atoms with van der Waals surface area (Å²) in [5.74, 6) is 1.14. The molecule has 0 heterocycles. The molecule has 0 bridgehead atoms. The van der Waals surface area contributed by atoms with Gasteiger partial charge in [0.15, 0.2) is 11.5 Å². The third kappa shape index (κ3) is 6.37. The molecule has 1 N–H and O–H groups in total. The molecule has 0 aliphatic rings. The number of carbonyl (C=O) groups is 1. The van der Waals surface area contributed by atoms with E-state index in [0.29, 0.717) is 39.6 Å². The van der Waals surface area contributed by atoms with E-state index in [9.17, 15) is 10.1 Å². The Bertz CT molecular complexity index is 1220. The van der Waals surface area contributed by atoms with Gasteiger partial charge in [0.2, 0.25) is 0 Å². The molecule has 1 amide bonds. The molecule has 0 atom stereocenters. The Kier molecular flexibility index (Phi) is 8.52. The molecule has 0 saturated carbocycles. The molecule has 0 fully saturated rings. The van der Waals surface area contributed by atoms with Crippen LogP contribution in [0.2, 0.25) is 0 Å². The number of benzene rings is 3. The molecule has 0 spiro atoms. The summed E-state index contributed by atoms with van der Waals surface area (Å²) in [6.45, 7) is 0.333. The van der Waals surface area contributed by atoms with Crippen LogP contribution in [0.5, 0.6) is 17.2 Å². The van der Waals surface area contributed by atoms with Gasteiger partial charge < -0.3 is 19.5 Å². The van der Waals surface area contributed by atoms with E-state index in [0.717, 1.165) is 10.0 Å². The second kappa shape index (κ2) is 11.5. The molecule has 0 aliphatic heterocycles. The van der Waals surface area contributed by atoms with Crippen molar-refractivity contribution >= 4 is 49.5 Å². The van der Waals surface area contributed by atoms with Crippen LogP contribution < -0.4 is 19.5 Å². The Morgan fingerprint density at radius 2 is 1.76 bits per heavy atom. The second-order valence-electron chi connectivity index (χ2n) is 6.77. The predicted molar refractivity (Wildman–Crippen MR) is 134 cm³/mol. The van der Waals surface area contributed by atoms with Crippen molar-refractivity contribution in [2.45, 2.75) is 6.61 Å². The molecule has 0 radical (unpaired) electrons. The minimum atomic E-state index is -0.521. The van der Waals surface area contributed by atoms with Crippen LogP contribution in [0.3, 0.4) is 0 Å². The summed E-state index contributed by atoms with van der Waals surface area (Å²) in [5, 5.41) is 12.2. The van der Waals surface area contributed by atoms with Gasteiger partial charge in [0.25, 0.3) is 5.91 Å². The van der Waals surface area contributed by atoms with Crippen LogP contribution in [0.4, 0.5) is 5.69 Å². The molecule has 168 valence electrons. The van der Waals surface area contributed by atoms with Gasteiger partial charge in [-0.25, -0.2) is 0 Å². The van der Waals surface area contributed by atoms with E-state index in [4.69, 9.17) is 14.2 Å². The van der Waals surface area contributed by atoms with Crippen molar-refractivity contribution in [3.8, 4) is 23.3 Å². The summed E-state index contributed by atoms with van der Waals surface area (Å²) in [4.78, 5) is 12.6. The third-order valence-electron chi connectivity index (χ3n) is 4.61. The quantitative estimate of drug-likeness (QED) is 0.251. The number of carbonyl (C=O) groups excluding carboxylic acids is 1. The van der Waals surface area contributed by atoms with Crippen LogP contribution in [0.15, 0.2) is 75.2 Å². The number of hydrogen-bond donors (Lipinski definition) is 1. The highest BCUT2D eigenvalue weighted by Gasteiger charge is 2.15. The molecule has 0 aromatic heterocycles. The van der Waals surface area contributed by atoms with Gasteiger partial charge >= 0.3 is 0 Å². The lowest BCUT2D eigenvalue weighted by molar-refractivity contribution is -0.112. The molecular formula is C25H20Br2N2O4. The number of hydrogen-bond acceptors (Lipinski definition) is 5. The smallest absolute Gasteiger partial charge is 0.266 e. The standard InChI is InChI=1S/C25H20Br2N2O4/c1-31-20-9-7-19(8-10-20)29-25(30)18(14-28)11-16-12-22(27)24(23(13-16)32-2)33-15-17-5-3-4-6-21(17)26/h3-13H,15H2,1-2H3,(H,29,30)/b18-11+. The van der Waals surface area contributed by atoms with Gasteiger partial charge in [-0.1, -0.05) is 34.1 Å². The Morgan fingerprint density at radius 3 is 2.39 bits per heavy atom. The molecule has 3 aromatic rings. The van der Waals surface area contributed by atoms with Crippen LogP contribution in [0.25, 0.3) is 6.08 Å². The molecule has 0 unspecified atom stereocenters. The number of nitrogens with zero attached hydrogens (tertiary/aromatic N) is 1. The predicted octanol–water partition coefficient (Wildman–Crippen LogP) is 6.35. The first kappa shape index (κ1) is 24.4. The molecule has 3 rings (SSSR count). The Balaban J connectivity index is 1.80. The van der Waals surface area contributed by atoms with Crippen molar-refractivity contribution in [3.05, 3.63) is 86.3 Å². The molecule has 33 heavy (non-hydrogen) atoms. The number of ether oxygens (including phenoxy) is 3. The summed E-state index contributed by atoms with van der Waals surface area (Å²) in [6, 6.07) is 20.0. The molecular weight excluding hydrogens is 552 g/mol. The first-order chi connectivity index (χ1) is 15.9. The van der Waals surface area contributed by atoms with Gasteiger partial charge in [-0.15, -0.1) is 0 Å². The number of amides is 1. The molecule has 8 heteroatoms. The minimum Gasteiger partial charge on any atom is -0.497 e. The first-order valence-electron chi connectivity index (χ1n) is 9.76. The number of rotatable bonds is 8. The molecule has 3 aromatic carbocycles. The maximum Gasteiger partial charge on any atom is 0.266 e. The highest BCUT2D eigenvalue weighted by molar-refractivity contribution is 9.10. The summed E-state index contributed by atoms with van der Waals surface area (Å²) in [6.07, 6.45) is 1.49. The van der Waals surface area contributed by atoms with Gasteiger partial charge in [-0.2, -0.15) is 5.26 Å². The monoisotopic (exact) mass is 570 g/mol. The zero-order valence-corrected chi connectivity index (χ0v) is 21.1. The van der Waals surface area contributed by atoms with E-state index < -0.39 is 5.91 Å². The van der Waals surface area contributed by atoms with Crippen molar-refractivity contribution in [2.24, 2.45) is 0 Å². The number of methoxy groups -OCH3 is 2. The Hall–Kier alpha value is -3.28. The summed E-state index contributed by atoms with van der Waals surface area (Å²) >= 11 is 7.02. The van der Waals surface area contributed by atoms with Gasteiger partial charge in [-0.3, -0.25) is 4.79 Å². The largest absolute Gasteiger partial charge is 0.497 e. The average molecular weight is 572 g/mol. The number of anilines is 1. The van der Waals surface area contributed by atoms with Crippen molar-refractivity contribution in [1.82, 2.24) is 0 Å². The van der Waals surface area contributed by atoms with Crippen molar-refractivity contribution < 1.29 is 19.0 Å². The fraction of sp³-hybridized carbons (Fsp3) is 0.120.